The first-order valence-corrected chi connectivity index (χ1v) is 9.87. The highest BCUT2D eigenvalue weighted by molar-refractivity contribution is 5.98. The van der Waals surface area contributed by atoms with Crippen molar-refractivity contribution >= 4 is 11.8 Å². The summed E-state index contributed by atoms with van der Waals surface area (Å²) in [4.78, 5) is 39.8. The lowest BCUT2D eigenvalue weighted by atomic mass is 10.1. The Hall–Kier alpha value is -3.27. The molecule has 4 rings (SSSR count). The van der Waals surface area contributed by atoms with E-state index in [-0.39, 0.29) is 36.5 Å². The first-order valence-electron chi connectivity index (χ1n) is 9.87. The van der Waals surface area contributed by atoms with Gasteiger partial charge in [0, 0.05) is 43.6 Å². The van der Waals surface area contributed by atoms with E-state index in [1.165, 1.54) is 16.8 Å². The van der Waals surface area contributed by atoms with Crippen molar-refractivity contribution in [1.82, 2.24) is 14.8 Å². The molecule has 1 saturated heterocycles. The van der Waals surface area contributed by atoms with E-state index < -0.39 is 40.2 Å². The summed E-state index contributed by atoms with van der Waals surface area (Å²) in [7, 11) is 0. The van der Waals surface area contributed by atoms with Gasteiger partial charge in [0.15, 0.2) is 11.4 Å². The number of pyridine rings is 1. The highest BCUT2D eigenvalue weighted by atomic mass is 19.1. The van der Waals surface area contributed by atoms with Gasteiger partial charge >= 0.3 is 0 Å². The van der Waals surface area contributed by atoms with Crippen molar-refractivity contribution in [3.8, 4) is 5.75 Å². The molecule has 1 aromatic carbocycles. The second kappa shape index (κ2) is 8.10. The van der Waals surface area contributed by atoms with Crippen LogP contribution in [0.2, 0.25) is 0 Å². The molecule has 2 atom stereocenters. The molecular weight excluding hydrogens is 412 g/mol. The number of amides is 2. The van der Waals surface area contributed by atoms with E-state index >= 15 is 0 Å². The van der Waals surface area contributed by atoms with Crippen LogP contribution in [0, 0.1) is 11.6 Å². The van der Waals surface area contributed by atoms with E-state index in [4.69, 9.17) is 4.74 Å². The number of nitrogens with one attached hydrogen (secondary N) is 1. The molecule has 2 N–H and O–H groups in total. The highest BCUT2D eigenvalue weighted by Gasteiger charge is 2.36. The number of ether oxygens (including phenoxy) is 1. The van der Waals surface area contributed by atoms with Crippen LogP contribution in [0.3, 0.4) is 0 Å². The lowest BCUT2D eigenvalue weighted by Gasteiger charge is -2.26. The topological polar surface area (TPSA) is 101 Å². The fourth-order valence-electron chi connectivity index (χ4n) is 3.88. The number of aromatic nitrogens is 1. The van der Waals surface area contributed by atoms with Crippen LogP contribution < -0.4 is 10.7 Å². The summed E-state index contributed by atoms with van der Waals surface area (Å²) in [6, 6.07) is 2.79. The Kier molecular flexibility index (Phi) is 5.48. The Morgan fingerprint density at radius 3 is 2.81 bits per heavy atom. The van der Waals surface area contributed by atoms with Crippen molar-refractivity contribution in [3.05, 3.63) is 63.1 Å². The van der Waals surface area contributed by atoms with Crippen molar-refractivity contribution in [2.45, 2.75) is 38.6 Å². The third-order valence-corrected chi connectivity index (χ3v) is 5.64. The van der Waals surface area contributed by atoms with Gasteiger partial charge < -0.3 is 24.6 Å². The number of rotatable bonds is 3. The minimum Gasteiger partial charge on any atom is -0.503 e. The van der Waals surface area contributed by atoms with Gasteiger partial charge in [-0.2, -0.15) is 0 Å². The number of carbonyl (C=O) groups is 2. The molecule has 2 aliphatic rings. The van der Waals surface area contributed by atoms with E-state index in [0.29, 0.717) is 25.6 Å². The summed E-state index contributed by atoms with van der Waals surface area (Å²) < 4.78 is 34.0. The van der Waals surface area contributed by atoms with E-state index in [1.807, 2.05) is 6.92 Å². The van der Waals surface area contributed by atoms with Crippen molar-refractivity contribution in [2.24, 2.45) is 0 Å². The second-order valence-corrected chi connectivity index (χ2v) is 7.73. The van der Waals surface area contributed by atoms with E-state index in [9.17, 15) is 28.3 Å². The Balaban J connectivity index is 1.65. The molecular formula is C21H21F2N3O5. The molecule has 1 aromatic heterocycles. The maximum atomic E-state index is 13.8. The Labute approximate surface area is 176 Å². The molecule has 0 radical (unpaired) electrons. The molecule has 164 valence electrons. The molecule has 2 amide bonds. The quantitative estimate of drug-likeness (QED) is 0.762. The standard InChI is InChI=1S/C21H21F2N3O5/c1-11-4-5-31-14-8-25-10-15(18(27)19(28)17(25)21(30)26(11)9-14)20(29)24-7-12-2-3-13(22)6-16(12)23/h2-3,6,10-11,14,28H,4-5,7-9H2,1H3,(H,24,29)/t11-,14?/m1/s1. The monoisotopic (exact) mass is 433 g/mol. The van der Waals surface area contributed by atoms with Crippen LogP contribution in [0.4, 0.5) is 8.78 Å². The first-order chi connectivity index (χ1) is 14.8. The normalized spacial score (nSPS) is 20.6. The van der Waals surface area contributed by atoms with Crippen molar-refractivity contribution < 1.29 is 28.2 Å². The summed E-state index contributed by atoms with van der Waals surface area (Å²) in [6.45, 7) is 2.52. The van der Waals surface area contributed by atoms with Crippen LogP contribution in [-0.4, -0.2) is 51.7 Å². The molecule has 10 heteroatoms. The summed E-state index contributed by atoms with van der Waals surface area (Å²) in [5.41, 5.74) is -1.55. The fourth-order valence-corrected chi connectivity index (χ4v) is 3.88. The predicted molar refractivity (Wildman–Crippen MR) is 105 cm³/mol. The van der Waals surface area contributed by atoms with Crippen LogP contribution >= 0.6 is 0 Å². The van der Waals surface area contributed by atoms with Gasteiger partial charge in [-0.05, 0) is 19.4 Å². The van der Waals surface area contributed by atoms with Crippen LogP contribution in [-0.2, 0) is 17.8 Å². The van der Waals surface area contributed by atoms with Crippen LogP contribution in [0.15, 0.2) is 29.2 Å². The summed E-state index contributed by atoms with van der Waals surface area (Å²) in [5, 5.41) is 12.9. The summed E-state index contributed by atoms with van der Waals surface area (Å²) in [5.74, 6) is -3.76. The SMILES string of the molecule is C[C@@H]1CCOC2CN1C(=O)c1c(O)c(=O)c(C(=O)NCc3ccc(F)cc3F)cn1C2. The van der Waals surface area contributed by atoms with E-state index in [1.54, 1.807) is 4.90 Å². The third kappa shape index (κ3) is 3.90. The van der Waals surface area contributed by atoms with Gasteiger partial charge in [-0.15, -0.1) is 0 Å². The second-order valence-electron chi connectivity index (χ2n) is 7.73. The largest absolute Gasteiger partial charge is 0.503 e. The van der Waals surface area contributed by atoms with Gasteiger partial charge in [0.05, 0.1) is 12.6 Å². The molecule has 2 aliphatic heterocycles. The van der Waals surface area contributed by atoms with Crippen molar-refractivity contribution in [3.63, 3.8) is 0 Å². The zero-order chi connectivity index (χ0) is 22.3. The van der Waals surface area contributed by atoms with Gasteiger partial charge in [0.1, 0.15) is 17.2 Å². The van der Waals surface area contributed by atoms with Gasteiger partial charge in [-0.3, -0.25) is 14.4 Å². The third-order valence-electron chi connectivity index (χ3n) is 5.64. The number of hydrogen-bond donors (Lipinski definition) is 2. The molecule has 1 unspecified atom stereocenters. The predicted octanol–water partition coefficient (Wildman–Crippen LogP) is 1.40. The summed E-state index contributed by atoms with van der Waals surface area (Å²) >= 11 is 0. The Bertz CT molecular complexity index is 1120. The van der Waals surface area contributed by atoms with Gasteiger partial charge in [0.25, 0.3) is 11.8 Å². The number of benzene rings is 1. The van der Waals surface area contributed by atoms with Gasteiger partial charge in [-0.25, -0.2) is 8.78 Å². The van der Waals surface area contributed by atoms with Crippen LogP contribution in [0.25, 0.3) is 0 Å². The minimum absolute atomic E-state index is 0.0317. The van der Waals surface area contributed by atoms with Crippen molar-refractivity contribution in [2.75, 3.05) is 13.2 Å². The molecule has 0 aliphatic carbocycles. The number of halogens is 2. The minimum atomic E-state index is -0.999. The van der Waals surface area contributed by atoms with E-state index in [2.05, 4.69) is 5.32 Å². The van der Waals surface area contributed by atoms with Gasteiger partial charge in [-0.1, -0.05) is 6.07 Å². The van der Waals surface area contributed by atoms with Crippen LogP contribution in [0.5, 0.6) is 5.75 Å². The molecule has 2 bridgehead atoms. The zero-order valence-electron chi connectivity index (χ0n) is 16.7. The number of nitrogens with zero attached hydrogens (tertiary/aromatic N) is 2. The fraction of sp³-hybridized carbons (Fsp3) is 0.381. The molecule has 31 heavy (non-hydrogen) atoms. The summed E-state index contributed by atoms with van der Waals surface area (Å²) in [6.07, 6.45) is 1.48. The average Bonchev–Trinajstić information content (AvgIpc) is 2.98. The maximum absolute atomic E-state index is 13.8. The lowest BCUT2D eigenvalue weighted by molar-refractivity contribution is 0.0440. The molecule has 3 heterocycles. The highest BCUT2D eigenvalue weighted by Crippen LogP contribution is 2.25. The zero-order valence-corrected chi connectivity index (χ0v) is 16.7. The lowest BCUT2D eigenvalue weighted by Crippen LogP contribution is -2.40. The molecule has 8 nitrogen and oxygen atoms in total. The average molecular weight is 433 g/mol. The van der Waals surface area contributed by atoms with Crippen molar-refractivity contribution in [1.29, 1.82) is 0 Å². The smallest absolute Gasteiger partial charge is 0.274 e. The number of hydrogen-bond acceptors (Lipinski definition) is 5. The molecule has 2 aromatic rings. The number of carbonyl (C=O) groups excluding carboxylic acids is 2. The van der Waals surface area contributed by atoms with Gasteiger partial charge in [0.2, 0.25) is 5.43 Å². The molecule has 0 saturated carbocycles. The molecule has 0 spiro atoms. The van der Waals surface area contributed by atoms with E-state index in [0.717, 1.165) is 6.07 Å². The Morgan fingerprint density at radius 1 is 1.29 bits per heavy atom. The Morgan fingerprint density at radius 2 is 2.06 bits per heavy atom. The van der Waals surface area contributed by atoms with Crippen LogP contribution in [0.1, 0.15) is 39.8 Å². The number of fused-ring (bicyclic) bond motifs is 3. The molecule has 1 fully saturated rings. The number of aromatic hydroxyl groups is 1. The maximum Gasteiger partial charge on any atom is 0.274 e. The first kappa shape index (κ1) is 21.0.